The summed E-state index contributed by atoms with van der Waals surface area (Å²) in [5, 5.41) is 3.51. The van der Waals surface area contributed by atoms with Gasteiger partial charge in [-0.25, -0.2) is 14.3 Å². The van der Waals surface area contributed by atoms with Crippen LogP contribution >= 0.6 is 0 Å². The standard InChI is InChI=1S/C15H10F3N3O2/c1-23-13(22)10-7-8-11(9-5-3-2-4-6-9)21-12(10)19-14(20-21)15(16,17)18/h2-8H,1H3. The number of benzene rings is 1. The zero-order chi connectivity index (χ0) is 16.6. The zero-order valence-electron chi connectivity index (χ0n) is 11.8. The molecule has 0 atom stereocenters. The van der Waals surface area contributed by atoms with Gasteiger partial charge in [0.05, 0.1) is 12.8 Å². The van der Waals surface area contributed by atoms with Gasteiger partial charge in [0.2, 0.25) is 0 Å². The Morgan fingerprint density at radius 2 is 1.83 bits per heavy atom. The van der Waals surface area contributed by atoms with Crippen LogP contribution in [0.4, 0.5) is 13.2 Å². The molecular formula is C15H10F3N3O2. The number of pyridine rings is 1. The molecule has 0 amide bonds. The van der Waals surface area contributed by atoms with Crippen LogP contribution < -0.4 is 0 Å². The summed E-state index contributed by atoms with van der Waals surface area (Å²) in [4.78, 5) is 15.2. The Hall–Kier alpha value is -2.90. The molecule has 118 valence electrons. The molecule has 0 saturated heterocycles. The number of alkyl halides is 3. The molecule has 0 fully saturated rings. The number of halogens is 3. The number of fused-ring (bicyclic) bond motifs is 1. The van der Waals surface area contributed by atoms with E-state index in [2.05, 4.69) is 14.8 Å². The number of nitrogens with zero attached hydrogens (tertiary/aromatic N) is 3. The molecule has 0 aliphatic heterocycles. The summed E-state index contributed by atoms with van der Waals surface area (Å²) < 4.78 is 44.3. The van der Waals surface area contributed by atoms with Crippen molar-refractivity contribution in [3.63, 3.8) is 0 Å². The van der Waals surface area contributed by atoms with E-state index in [1.807, 2.05) is 0 Å². The molecule has 0 N–H and O–H groups in total. The van der Waals surface area contributed by atoms with Crippen molar-refractivity contribution < 1.29 is 22.7 Å². The van der Waals surface area contributed by atoms with Crippen molar-refractivity contribution >= 4 is 11.6 Å². The quantitative estimate of drug-likeness (QED) is 0.680. The van der Waals surface area contributed by atoms with Crippen LogP contribution in [0.5, 0.6) is 0 Å². The van der Waals surface area contributed by atoms with Crippen molar-refractivity contribution in [2.45, 2.75) is 6.18 Å². The van der Waals surface area contributed by atoms with Gasteiger partial charge in [-0.1, -0.05) is 30.3 Å². The highest BCUT2D eigenvalue weighted by Crippen LogP contribution is 2.29. The number of ether oxygens (including phenoxy) is 1. The second-order valence-corrected chi connectivity index (χ2v) is 4.66. The molecule has 2 heterocycles. The van der Waals surface area contributed by atoms with Gasteiger partial charge in [-0.15, -0.1) is 5.10 Å². The molecule has 5 nitrogen and oxygen atoms in total. The zero-order valence-corrected chi connectivity index (χ0v) is 11.8. The van der Waals surface area contributed by atoms with E-state index in [1.165, 1.54) is 12.1 Å². The van der Waals surface area contributed by atoms with Gasteiger partial charge in [-0.2, -0.15) is 13.2 Å². The summed E-state index contributed by atoms with van der Waals surface area (Å²) in [6, 6.07) is 11.6. The highest BCUT2D eigenvalue weighted by Gasteiger charge is 2.37. The minimum Gasteiger partial charge on any atom is -0.465 e. The summed E-state index contributed by atoms with van der Waals surface area (Å²) in [5.74, 6) is -2.10. The molecule has 0 radical (unpaired) electrons. The normalized spacial score (nSPS) is 11.7. The fourth-order valence-corrected chi connectivity index (χ4v) is 2.18. The number of esters is 1. The van der Waals surface area contributed by atoms with Gasteiger partial charge >= 0.3 is 12.1 Å². The molecule has 23 heavy (non-hydrogen) atoms. The van der Waals surface area contributed by atoms with Gasteiger partial charge in [0.25, 0.3) is 5.82 Å². The Balaban J connectivity index is 2.32. The second-order valence-electron chi connectivity index (χ2n) is 4.66. The monoisotopic (exact) mass is 321 g/mol. The van der Waals surface area contributed by atoms with Crippen LogP contribution in [-0.2, 0) is 10.9 Å². The Labute approximate surface area is 128 Å². The second kappa shape index (κ2) is 5.38. The van der Waals surface area contributed by atoms with Gasteiger partial charge in [0.1, 0.15) is 5.56 Å². The number of carbonyl (C=O) groups excluding carboxylic acids is 1. The van der Waals surface area contributed by atoms with Crippen molar-refractivity contribution in [1.29, 1.82) is 0 Å². The first-order valence-electron chi connectivity index (χ1n) is 6.52. The van der Waals surface area contributed by atoms with Crippen LogP contribution in [0.1, 0.15) is 16.2 Å². The Bertz CT molecular complexity index is 873. The average molecular weight is 321 g/mol. The summed E-state index contributed by atoms with van der Waals surface area (Å²) in [6.45, 7) is 0. The molecule has 3 rings (SSSR count). The lowest BCUT2D eigenvalue weighted by Crippen LogP contribution is -2.07. The molecule has 3 aromatic rings. The molecular weight excluding hydrogens is 311 g/mol. The first kappa shape index (κ1) is 15.0. The van der Waals surface area contributed by atoms with Gasteiger partial charge in [-0.05, 0) is 12.1 Å². The lowest BCUT2D eigenvalue weighted by atomic mass is 10.1. The van der Waals surface area contributed by atoms with Crippen molar-refractivity contribution in [2.24, 2.45) is 0 Å². The van der Waals surface area contributed by atoms with Crippen LogP contribution in [-0.4, -0.2) is 27.7 Å². The number of methoxy groups -OCH3 is 1. The summed E-state index contributed by atoms with van der Waals surface area (Å²) in [5.41, 5.74) is 0.740. The van der Waals surface area contributed by atoms with Crippen LogP contribution in [0.3, 0.4) is 0 Å². The van der Waals surface area contributed by atoms with E-state index in [4.69, 9.17) is 0 Å². The Morgan fingerprint density at radius 3 is 2.43 bits per heavy atom. The SMILES string of the molecule is COC(=O)c1ccc(-c2ccccc2)n2nc(C(F)(F)F)nc12. The summed E-state index contributed by atoms with van der Waals surface area (Å²) in [7, 11) is 1.14. The lowest BCUT2D eigenvalue weighted by Gasteiger charge is -2.07. The maximum absolute atomic E-state index is 12.9. The highest BCUT2D eigenvalue weighted by molar-refractivity contribution is 5.96. The van der Waals surface area contributed by atoms with E-state index in [-0.39, 0.29) is 11.2 Å². The van der Waals surface area contributed by atoms with E-state index in [0.29, 0.717) is 11.3 Å². The number of aromatic nitrogens is 3. The molecule has 8 heteroatoms. The maximum atomic E-state index is 12.9. The fraction of sp³-hybridized carbons (Fsp3) is 0.133. The molecule has 1 aromatic carbocycles. The van der Waals surface area contributed by atoms with Crippen molar-refractivity contribution in [3.05, 3.63) is 53.9 Å². The predicted molar refractivity (Wildman–Crippen MR) is 74.8 cm³/mol. The fourth-order valence-electron chi connectivity index (χ4n) is 2.18. The van der Waals surface area contributed by atoms with Crippen molar-refractivity contribution in [2.75, 3.05) is 7.11 Å². The van der Waals surface area contributed by atoms with Crippen LogP contribution in [0.25, 0.3) is 16.9 Å². The highest BCUT2D eigenvalue weighted by atomic mass is 19.4. The van der Waals surface area contributed by atoms with Crippen LogP contribution in [0.2, 0.25) is 0 Å². The number of hydrogen-bond donors (Lipinski definition) is 0. The largest absolute Gasteiger partial charge is 0.465 e. The van der Waals surface area contributed by atoms with Crippen LogP contribution in [0.15, 0.2) is 42.5 Å². The van der Waals surface area contributed by atoms with Gasteiger partial charge in [0.15, 0.2) is 5.65 Å². The Morgan fingerprint density at radius 1 is 1.13 bits per heavy atom. The first-order valence-corrected chi connectivity index (χ1v) is 6.52. The van der Waals surface area contributed by atoms with E-state index < -0.39 is 18.0 Å². The maximum Gasteiger partial charge on any atom is 0.453 e. The van der Waals surface area contributed by atoms with Gasteiger partial charge in [0, 0.05) is 5.56 Å². The number of rotatable bonds is 2. The Kier molecular flexibility index (Phi) is 3.51. The van der Waals surface area contributed by atoms with Crippen LogP contribution in [0, 0.1) is 0 Å². The van der Waals surface area contributed by atoms with Crippen molar-refractivity contribution in [3.8, 4) is 11.3 Å². The average Bonchev–Trinajstić information content (AvgIpc) is 2.99. The summed E-state index contributed by atoms with van der Waals surface area (Å²) >= 11 is 0. The molecule has 0 spiro atoms. The topological polar surface area (TPSA) is 56.5 Å². The minimum atomic E-state index is -4.71. The van der Waals surface area contributed by atoms with Gasteiger partial charge in [-0.3, -0.25) is 0 Å². The van der Waals surface area contributed by atoms with E-state index >= 15 is 0 Å². The predicted octanol–water partition coefficient (Wildman–Crippen LogP) is 3.20. The third-order valence-electron chi connectivity index (χ3n) is 3.21. The molecule has 2 aromatic heterocycles. The first-order chi connectivity index (χ1) is 10.9. The number of hydrogen-bond acceptors (Lipinski definition) is 4. The smallest absolute Gasteiger partial charge is 0.453 e. The molecule has 0 aliphatic rings. The van der Waals surface area contributed by atoms with Gasteiger partial charge < -0.3 is 4.74 Å². The molecule has 0 aliphatic carbocycles. The summed E-state index contributed by atoms with van der Waals surface area (Å²) in [6.07, 6.45) is -4.71. The number of carbonyl (C=O) groups is 1. The third kappa shape index (κ3) is 2.63. The minimum absolute atomic E-state index is 0.0878. The molecule has 0 saturated carbocycles. The van der Waals surface area contributed by atoms with E-state index in [1.54, 1.807) is 30.3 Å². The van der Waals surface area contributed by atoms with Crippen molar-refractivity contribution in [1.82, 2.24) is 14.6 Å². The van der Waals surface area contributed by atoms with E-state index in [0.717, 1.165) is 11.6 Å². The molecule has 0 bridgehead atoms. The lowest BCUT2D eigenvalue weighted by molar-refractivity contribution is -0.144. The molecule has 0 unspecified atom stereocenters. The third-order valence-corrected chi connectivity index (χ3v) is 3.21. The van der Waals surface area contributed by atoms with E-state index in [9.17, 15) is 18.0 Å².